The molecule has 0 spiro atoms. The summed E-state index contributed by atoms with van der Waals surface area (Å²) in [4.78, 5) is 4.59. The first-order valence-electron chi connectivity index (χ1n) is 9.02. The molecule has 0 saturated heterocycles. The number of pyridine rings is 1. The zero-order valence-corrected chi connectivity index (χ0v) is 16.8. The molecule has 1 aliphatic rings. The predicted octanol–water partition coefficient (Wildman–Crippen LogP) is 5.67. The van der Waals surface area contributed by atoms with Crippen LogP contribution in [0.15, 0.2) is 48.7 Å². The molecule has 0 aliphatic carbocycles. The van der Waals surface area contributed by atoms with Gasteiger partial charge in [-0.3, -0.25) is 4.40 Å². The number of halogens is 3. The van der Waals surface area contributed by atoms with Gasteiger partial charge in [0.25, 0.3) is 0 Å². The van der Waals surface area contributed by atoms with Crippen molar-refractivity contribution < 1.29 is 19.0 Å². The van der Waals surface area contributed by atoms with E-state index in [0.717, 1.165) is 0 Å². The first-order chi connectivity index (χ1) is 14.5. The molecule has 0 unspecified atom stereocenters. The summed E-state index contributed by atoms with van der Waals surface area (Å²) in [5.74, 6) is 1.22. The second-order valence-corrected chi connectivity index (χ2v) is 7.47. The number of hydrogen-bond donors (Lipinski definition) is 2. The first-order valence-corrected chi connectivity index (χ1v) is 9.78. The molecule has 5 rings (SSSR count). The van der Waals surface area contributed by atoms with E-state index in [2.05, 4.69) is 10.3 Å². The fraction of sp³-hybridized carbons (Fsp3) is 0.0952. The Kier molecular flexibility index (Phi) is 4.56. The van der Waals surface area contributed by atoms with Crippen LogP contribution in [0, 0.1) is 5.82 Å². The summed E-state index contributed by atoms with van der Waals surface area (Å²) in [5.41, 5.74) is 2.00. The van der Waals surface area contributed by atoms with Gasteiger partial charge in [-0.2, -0.15) is 0 Å². The van der Waals surface area contributed by atoms with Gasteiger partial charge < -0.3 is 19.9 Å². The third-order valence-electron chi connectivity index (χ3n) is 4.65. The maximum absolute atomic E-state index is 14.0. The summed E-state index contributed by atoms with van der Waals surface area (Å²) in [7, 11) is 0. The number of nitrogens with zero attached hydrogens (tertiary/aromatic N) is 2. The van der Waals surface area contributed by atoms with Crippen molar-refractivity contribution in [3.8, 4) is 28.5 Å². The van der Waals surface area contributed by atoms with Crippen LogP contribution in [0.1, 0.15) is 0 Å². The van der Waals surface area contributed by atoms with Crippen molar-refractivity contribution >= 4 is 40.4 Å². The number of ether oxygens (including phenoxy) is 2. The molecule has 2 N–H and O–H groups in total. The molecular weight excluding hydrogens is 432 g/mol. The van der Waals surface area contributed by atoms with Crippen LogP contribution in [-0.2, 0) is 0 Å². The maximum Gasteiger partial charge on any atom is 0.163 e. The molecule has 2 aromatic carbocycles. The highest BCUT2D eigenvalue weighted by atomic mass is 35.5. The highest BCUT2D eigenvalue weighted by molar-refractivity contribution is 6.39. The standard InChI is InChI=1S/C21H14Cl2FN3O3/c22-14-8-13(28)9-15(23)19(14)20-21(27-10-11(24)1-4-18(27)26-20)25-12-2-3-16-17(7-12)30-6-5-29-16/h1-4,7-10,25,28H,5-6H2. The number of imidazole rings is 1. The maximum atomic E-state index is 14.0. The fourth-order valence-corrected chi connectivity index (χ4v) is 4.01. The molecule has 6 nitrogen and oxygen atoms in total. The van der Waals surface area contributed by atoms with Gasteiger partial charge in [0, 0.05) is 23.5 Å². The lowest BCUT2D eigenvalue weighted by Crippen LogP contribution is -2.15. The second-order valence-electron chi connectivity index (χ2n) is 6.65. The van der Waals surface area contributed by atoms with E-state index in [4.69, 9.17) is 32.7 Å². The van der Waals surface area contributed by atoms with E-state index in [9.17, 15) is 9.50 Å². The number of aromatic hydroxyl groups is 1. The summed E-state index contributed by atoms with van der Waals surface area (Å²) in [5, 5.41) is 13.5. The molecule has 4 aromatic rings. The van der Waals surface area contributed by atoms with Crippen molar-refractivity contribution in [2.75, 3.05) is 18.5 Å². The molecule has 0 saturated carbocycles. The molecule has 2 aromatic heterocycles. The van der Waals surface area contributed by atoms with Gasteiger partial charge in [0.15, 0.2) is 11.5 Å². The Labute approximate surface area is 180 Å². The molecular formula is C21H14Cl2FN3O3. The molecule has 1 aliphatic heterocycles. The molecule has 3 heterocycles. The Morgan fingerprint density at radius 2 is 1.73 bits per heavy atom. The summed E-state index contributed by atoms with van der Waals surface area (Å²) < 4.78 is 26.8. The highest BCUT2D eigenvalue weighted by Gasteiger charge is 2.21. The topological polar surface area (TPSA) is 68.0 Å². The minimum atomic E-state index is -0.431. The average Bonchev–Trinajstić information content (AvgIpc) is 3.04. The number of nitrogens with one attached hydrogen (secondary N) is 1. The number of phenols is 1. The smallest absolute Gasteiger partial charge is 0.163 e. The third kappa shape index (κ3) is 3.26. The Morgan fingerprint density at radius 1 is 1.00 bits per heavy atom. The Hall–Kier alpha value is -3.16. The molecule has 0 atom stereocenters. The van der Waals surface area contributed by atoms with Gasteiger partial charge in [0.05, 0.1) is 10.0 Å². The molecule has 0 amide bonds. The number of benzene rings is 2. The van der Waals surface area contributed by atoms with E-state index in [1.807, 2.05) is 6.07 Å². The minimum absolute atomic E-state index is 0.0649. The van der Waals surface area contributed by atoms with Gasteiger partial charge in [-0.25, -0.2) is 9.37 Å². The Balaban J connectivity index is 1.69. The molecule has 0 fully saturated rings. The molecule has 0 bridgehead atoms. The van der Waals surface area contributed by atoms with Crippen LogP contribution in [0.5, 0.6) is 17.2 Å². The number of fused-ring (bicyclic) bond motifs is 2. The van der Waals surface area contributed by atoms with Crippen molar-refractivity contribution in [1.29, 1.82) is 0 Å². The monoisotopic (exact) mass is 445 g/mol. The number of hydrogen-bond acceptors (Lipinski definition) is 5. The Morgan fingerprint density at radius 3 is 2.50 bits per heavy atom. The minimum Gasteiger partial charge on any atom is -0.508 e. The molecule has 152 valence electrons. The van der Waals surface area contributed by atoms with Crippen LogP contribution in [0.3, 0.4) is 0 Å². The summed E-state index contributed by atoms with van der Waals surface area (Å²) >= 11 is 12.7. The normalized spacial score (nSPS) is 12.9. The van der Waals surface area contributed by atoms with E-state index in [-0.39, 0.29) is 15.8 Å². The SMILES string of the molecule is Oc1cc(Cl)c(-c2nc3ccc(F)cn3c2Nc2ccc3c(c2)OCCO3)c(Cl)c1. The van der Waals surface area contributed by atoms with Gasteiger partial charge in [0.1, 0.15) is 41.9 Å². The summed E-state index contributed by atoms with van der Waals surface area (Å²) in [6.45, 7) is 0.954. The van der Waals surface area contributed by atoms with E-state index >= 15 is 0 Å². The van der Waals surface area contributed by atoms with E-state index in [0.29, 0.717) is 53.1 Å². The van der Waals surface area contributed by atoms with Crippen molar-refractivity contribution in [1.82, 2.24) is 9.38 Å². The summed E-state index contributed by atoms with van der Waals surface area (Å²) in [6.07, 6.45) is 1.31. The zero-order chi connectivity index (χ0) is 20.8. The van der Waals surface area contributed by atoms with Crippen LogP contribution in [0.2, 0.25) is 10.0 Å². The predicted molar refractivity (Wildman–Crippen MR) is 113 cm³/mol. The van der Waals surface area contributed by atoms with Gasteiger partial charge in [-0.15, -0.1) is 0 Å². The van der Waals surface area contributed by atoms with Crippen LogP contribution in [0.25, 0.3) is 16.9 Å². The van der Waals surface area contributed by atoms with Crippen LogP contribution < -0.4 is 14.8 Å². The average molecular weight is 446 g/mol. The third-order valence-corrected chi connectivity index (χ3v) is 5.25. The quantitative estimate of drug-likeness (QED) is 0.425. The van der Waals surface area contributed by atoms with Crippen molar-refractivity contribution in [2.24, 2.45) is 0 Å². The molecule has 9 heteroatoms. The number of phenolic OH excluding ortho intramolecular Hbond substituents is 1. The van der Waals surface area contributed by atoms with Crippen molar-refractivity contribution in [3.63, 3.8) is 0 Å². The second kappa shape index (κ2) is 7.27. The van der Waals surface area contributed by atoms with Crippen LogP contribution in [0.4, 0.5) is 15.9 Å². The first kappa shape index (κ1) is 18.8. The van der Waals surface area contributed by atoms with Crippen molar-refractivity contribution in [2.45, 2.75) is 0 Å². The lowest BCUT2D eigenvalue weighted by Gasteiger charge is -2.19. The number of rotatable bonds is 3. The van der Waals surface area contributed by atoms with Gasteiger partial charge in [0.2, 0.25) is 0 Å². The van der Waals surface area contributed by atoms with E-state index in [1.54, 1.807) is 22.6 Å². The van der Waals surface area contributed by atoms with Crippen molar-refractivity contribution in [3.05, 3.63) is 64.5 Å². The number of anilines is 2. The molecule has 30 heavy (non-hydrogen) atoms. The van der Waals surface area contributed by atoms with E-state index < -0.39 is 5.82 Å². The Bertz CT molecular complexity index is 1270. The highest BCUT2D eigenvalue weighted by Crippen LogP contribution is 2.42. The van der Waals surface area contributed by atoms with Gasteiger partial charge in [-0.05, 0) is 36.4 Å². The summed E-state index contributed by atoms with van der Waals surface area (Å²) in [6, 6.07) is 11.0. The lowest BCUT2D eigenvalue weighted by molar-refractivity contribution is 0.171. The van der Waals surface area contributed by atoms with Gasteiger partial charge >= 0.3 is 0 Å². The lowest BCUT2D eigenvalue weighted by atomic mass is 10.1. The zero-order valence-electron chi connectivity index (χ0n) is 15.3. The molecule has 0 radical (unpaired) electrons. The van der Waals surface area contributed by atoms with E-state index in [1.165, 1.54) is 24.4 Å². The van der Waals surface area contributed by atoms with Gasteiger partial charge in [-0.1, -0.05) is 23.2 Å². The largest absolute Gasteiger partial charge is 0.508 e. The fourth-order valence-electron chi connectivity index (χ4n) is 3.36. The van der Waals surface area contributed by atoms with Crippen LogP contribution >= 0.6 is 23.2 Å². The van der Waals surface area contributed by atoms with Crippen LogP contribution in [-0.4, -0.2) is 27.7 Å². The number of aromatic nitrogens is 2.